The third-order valence-corrected chi connectivity index (χ3v) is 6.85. The second-order valence-electron chi connectivity index (χ2n) is 8.91. The van der Waals surface area contributed by atoms with Crippen LogP contribution in [0.2, 0.25) is 0 Å². The van der Waals surface area contributed by atoms with Crippen molar-refractivity contribution < 1.29 is 14.3 Å². The van der Waals surface area contributed by atoms with Gasteiger partial charge < -0.3 is 20.6 Å². The zero-order valence-electron chi connectivity index (χ0n) is 17.9. The molecule has 0 bridgehead atoms. The van der Waals surface area contributed by atoms with E-state index in [1.807, 2.05) is 6.92 Å². The number of nitrogens with zero attached hydrogens (tertiary/aromatic N) is 3. The average molecular weight is 425 g/mol. The Kier molecular flexibility index (Phi) is 4.92. The number of rotatable bonds is 5. The summed E-state index contributed by atoms with van der Waals surface area (Å²) in [5.74, 6) is 1.45. The van der Waals surface area contributed by atoms with Crippen molar-refractivity contribution in [3.63, 3.8) is 0 Å². The van der Waals surface area contributed by atoms with Crippen molar-refractivity contribution >= 4 is 23.4 Å². The number of pyridine rings is 1. The number of fused-ring (bicyclic) bond motifs is 2. The van der Waals surface area contributed by atoms with Crippen molar-refractivity contribution in [2.75, 3.05) is 17.7 Å². The molecule has 9 nitrogen and oxygen atoms in total. The fourth-order valence-corrected chi connectivity index (χ4v) is 5.13. The molecule has 0 radical (unpaired) electrons. The van der Waals surface area contributed by atoms with Crippen LogP contribution in [-0.4, -0.2) is 35.1 Å². The number of aryl methyl sites for hydroxylation is 1. The molecule has 2 saturated carbocycles. The highest BCUT2D eigenvalue weighted by Gasteiger charge is 2.48. The Labute approximate surface area is 181 Å². The van der Waals surface area contributed by atoms with Gasteiger partial charge in [-0.2, -0.15) is 4.98 Å². The Morgan fingerprint density at radius 3 is 2.68 bits per heavy atom. The summed E-state index contributed by atoms with van der Waals surface area (Å²) in [7, 11) is 1.73. The van der Waals surface area contributed by atoms with Gasteiger partial charge in [-0.25, -0.2) is 15.0 Å². The molecular weight excluding hydrogens is 396 g/mol. The maximum absolute atomic E-state index is 13.4. The van der Waals surface area contributed by atoms with Crippen molar-refractivity contribution in [1.82, 2.24) is 15.3 Å². The number of aromatic nitrogens is 3. The molecule has 2 aromatic heterocycles. The molecule has 5 rings (SSSR count). The number of methoxy groups -OCH3 is 1. The third kappa shape index (κ3) is 3.46. The molecule has 2 aliphatic carbocycles. The lowest BCUT2D eigenvalue weighted by Gasteiger charge is -2.34. The van der Waals surface area contributed by atoms with E-state index in [1.165, 1.54) is 6.33 Å². The van der Waals surface area contributed by atoms with Crippen molar-refractivity contribution in [2.24, 2.45) is 0 Å². The molecule has 1 spiro atoms. The average Bonchev–Trinajstić information content (AvgIpc) is 3.01. The lowest BCUT2D eigenvalue weighted by atomic mass is 9.79. The largest absolute Gasteiger partial charge is 0.710 e. The molecule has 1 aliphatic heterocycles. The maximum Gasteiger partial charge on any atom is 0.284 e. The Morgan fingerprint density at radius 1 is 1.19 bits per heavy atom. The monoisotopic (exact) mass is 424 g/mol. The third-order valence-electron chi connectivity index (χ3n) is 6.85. The first-order chi connectivity index (χ1) is 15.0. The van der Waals surface area contributed by atoms with Crippen LogP contribution in [-0.2, 0) is 10.3 Å². The van der Waals surface area contributed by atoms with Gasteiger partial charge in [0.1, 0.15) is 23.4 Å². The standard InChI is InChI=1S/C22H28N6O3/c1-13-8-18(26-17-11-16(23-12-24-17)25-14-9-15(10-14)31-2)28(30)20-19(13)21(29)27-22(20)6-4-3-5-7-22/h8,11-12,14-15H,3-7,9-10H2,1-2H3,(H,27,29)(H2,23,24,25,26)/t14-,15+. The summed E-state index contributed by atoms with van der Waals surface area (Å²) < 4.78 is 6.21. The normalized spacial score (nSPS) is 23.7. The second-order valence-corrected chi connectivity index (χ2v) is 8.91. The minimum Gasteiger partial charge on any atom is -0.710 e. The highest BCUT2D eigenvalue weighted by atomic mass is 16.5. The number of hydrogen-bond donors (Lipinski definition) is 3. The van der Waals surface area contributed by atoms with E-state index < -0.39 is 5.54 Å². The van der Waals surface area contributed by atoms with Gasteiger partial charge in [-0.05, 0) is 38.2 Å². The molecule has 0 saturated heterocycles. The molecule has 2 aromatic rings. The SMILES string of the molecule is CO[C@H]1C[C@@H](Nc2cc(Nc3cc(C)c4c([n+]3[O-])C3(CCCCC3)NC4=O)ncn2)C1. The van der Waals surface area contributed by atoms with Crippen molar-refractivity contribution in [3.05, 3.63) is 40.5 Å². The maximum atomic E-state index is 13.4. The molecule has 1 amide bonds. The van der Waals surface area contributed by atoms with E-state index in [9.17, 15) is 10.0 Å². The summed E-state index contributed by atoms with van der Waals surface area (Å²) in [6.07, 6.45) is 8.38. The van der Waals surface area contributed by atoms with Gasteiger partial charge >= 0.3 is 0 Å². The lowest BCUT2D eigenvalue weighted by molar-refractivity contribution is -0.603. The summed E-state index contributed by atoms with van der Waals surface area (Å²) in [6.45, 7) is 1.88. The van der Waals surface area contributed by atoms with Crippen LogP contribution in [0.3, 0.4) is 0 Å². The van der Waals surface area contributed by atoms with E-state index in [4.69, 9.17) is 4.74 Å². The Morgan fingerprint density at radius 2 is 1.94 bits per heavy atom. The van der Waals surface area contributed by atoms with Crippen molar-refractivity contribution in [1.29, 1.82) is 0 Å². The molecule has 3 N–H and O–H groups in total. The van der Waals surface area contributed by atoms with Crippen LogP contribution < -0.4 is 20.7 Å². The zero-order chi connectivity index (χ0) is 21.6. The number of anilines is 3. The number of nitrogens with one attached hydrogen (secondary N) is 3. The van der Waals surface area contributed by atoms with Crippen LogP contribution in [0.15, 0.2) is 18.5 Å². The van der Waals surface area contributed by atoms with E-state index in [2.05, 4.69) is 25.9 Å². The molecule has 0 aromatic carbocycles. The fourth-order valence-electron chi connectivity index (χ4n) is 5.13. The van der Waals surface area contributed by atoms with Crippen molar-refractivity contribution in [2.45, 2.75) is 69.6 Å². The molecule has 3 heterocycles. The minimum absolute atomic E-state index is 0.145. The Balaban J connectivity index is 1.42. The van der Waals surface area contributed by atoms with Gasteiger partial charge in [0.2, 0.25) is 5.82 Å². The molecule has 0 unspecified atom stereocenters. The molecule has 164 valence electrons. The van der Waals surface area contributed by atoms with Crippen LogP contribution in [0, 0.1) is 12.1 Å². The summed E-state index contributed by atoms with van der Waals surface area (Å²) in [5, 5.41) is 23.1. The first-order valence-electron chi connectivity index (χ1n) is 11.0. The van der Waals surface area contributed by atoms with Gasteiger partial charge in [-0.1, -0.05) is 19.3 Å². The highest BCUT2D eigenvalue weighted by molar-refractivity contribution is 6.00. The Hall–Kier alpha value is -2.94. The smallest absolute Gasteiger partial charge is 0.284 e. The number of carbonyl (C=O) groups excluding carboxylic acids is 1. The van der Waals surface area contributed by atoms with Crippen LogP contribution >= 0.6 is 0 Å². The topological polar surface area (TPSA) is 115 Å². The Bertz CT molecular complexity index is 1010. The molecule has 31 heavy (non-hydrogen) atoms. The minimum atomic E-state index is -0.560. The molecule has 2 fully saturated rings. The molecule has 9 heteroatoms. The van der Waals surface area contributed by atoms with E-state index in [0.717, 1.165) is 55.2 Å². The molecular formula is C22H28N6O3. The van der Waals surface area contributed by atoms with Crippen LogP contribution in [0.4, 0.5) is 17.5 Å². The van der Waals surface area contributed by atoms with E-state index in [0.29, 0.717) is 40.9 Å². The zero-order valence-corrected chi connectivity index (χ0v) is 17.9. The first-order valence-corrected chi connectivity index (χ1v) is 11.0. The number of amides is 1. The number of hydrogen-bond acceptors (Lipinski definition) is 7. The summed E-state index contributed by atoms with van der Waals surface area (Å²) in [6, 6.07) is 3.84. The van der Waals surface area contributed by atoms with Crippen LogP contribution in [0.1, 0.15) is 66.6 Å². The lowest BCUT2D eigenvalue weighted by Crippen LogP contribution is -2.49. The first kappa shape index (κ1) is 20.0. The molecule has 0 atom stereocenters. The van der Waals surface area contributed by atoms with Gasteiger partial charge in [0.05, 0.1) is 11.7 Å². The van der Waals surface area contributed by atoms with E-state index in [1.54, 1.807) is 19.2 Å². The quantitative estimate of drug-likeness (QED) is 0.499. The number of ether oxygens (including phenoxy) is 1. The van der Waals surface area contributed by atoms with E-state index in [-0.39, 0.29) is 5.91 Å². The van der Waals surface area contributed by atoms with Crippen LogP contribution in [0.5, 0.6) is 0 Å². The van der Waals surface area contributed by atoms with Gasteiger partial charge in [0, 0.05) is 25.3 Å². The van der Waals surface area contributed by atoms with Gasteiger partial charge in [0.25, 0.3) is 11.7 Å². The fraction of sp³-hybridized carbons (Fsp3) is 0.545. The summed E-state index contributed by atoms with van der Waals surface area (Å²) in [5.41, 5.74) is 1.30. The highest BCUT2D eigenvalue weighted by Crippen LogP contribution is 2.42. The predicted molar refractivity (Wildman–Crippen MR) is 115 cm³/mol. The van der Waals surface area contributed by atoms with Gasteiger partial charge in [0.15, 0.2) is 0 Å². The van der Waals surface area contributed by atoms with Crippen molar-refractivity contribution in [3.8, 4) is 0 Å². The van der Waals surface area contributed by atoms with E-state index >= 15 is 0 Å². The van der Waals surface area contributed by atoms with Crippen LogP contribution in [0.25, 0.3) is 0 Å². The predicted octanol–water partition coefficient (Wildman–Crippen LogP) is 2.65. The molecule has 3 aliphatic rings. The van der Waals surface area contributed by atoms with Gasteiger partial charge in [-0.3, -0.25) is 4.79 Å². The summed E-state index contributed by atoms with van der Waals surface area (Å²) >= 11 is 0. The number of carbonyl (C=O) groups is 1. The second kappa shape index (κ2) is 7.64. The van der Waals surface area contributed by atoms with Gasteiger partial charge in [-0.15, -0.1) is 0 Å². The summed E-state index contributed by atoms with van der Waals surface area (Å²) in [4.78, 5) is 21.3.